The molecule has 1 aromatic carbocycles. The molecule has 2 aromatic rings. The second-order valence-electron chi connectivity index (χ2n) is 6.40. The number of fused-ring (bicyclic) bond motifs is 1. The van der Waals surface area contributed by atoms with Crippen LogP contribution in [0.4, 0.5) is 17.1 Å². The lowest BCUT2D eigenvalue weighted by Crippen LogP contribution is -2.46. The van der Waals surface area contributed by atoms with Gasteiger partial charge in [0, 0.05) is 12.5 Å². The second kappa shape index (κ2) is 6.21. The number of nitrogens with one attached hydrogen (secondary N) is 3. The highest BCUT2D eigenvalue weighted by Crippen LogP contribution is 2.43. The normalized spacial score (nSPS) is 22.3. The third kappa shape index (κ3) is 2.74. The molecule has 3 heterocycles. The molecule has 0 saturated carbocycles. The van der Waals surface area contributed by atoms with E-state index < -0.39 is 11.6 Å². The summed E-state index contributed by atoms with van der Waals surface area (Å²) in [4.78, 5) is 31.8. The average Bonchev–Trinajstić information content (AvgIpc) is 3.02. The molecule has 25 heavy (non-hydrogen) atoms. The number of carbonyl (C=O) groups excluding carboxylic acids is 1. The van der Waals surface area contributed by atoms with Gasteiger partial charge in [0.25, 0.3) is 5.91 Å². The van der Waals surface area contributed by atoms with Crippen molar-refractivity contribution in [3.63, 3.8) is 0 Å². The first kappa shape index (κ1) is 15.6. The third-order valence-corrected chi connectivity index (χ3v) is 4.82. The summed E-state index contributed by atoms with van der Waals surface area (Å²) >= 11 is 0. The molecule has 0 spiro atoms. The van der Waals surface area contributed by atoms with Gasteiger partial charge in [-0.05, 0) is 31.5 Å². The van der Waals surface area contributed by atoms with Gasteiger partial charge in [-0.15, -0.1) is 0 Å². The Hall–Kier alpha value is -2.87. The highest BCUT2D eigenvalue weighted by Gasteiger charge is 2.37. The maximum atomic E-state index is 11.9. The highest BCUT2D eigenvalue weighted by atomic mass is 16.2. The number of carbonyl (C=O) groups is 1. The summed E-state index contributed by atoms with van der Waals surface area (Å²) < 4.78 is 0. The number of para-hydroxylation sites is 2. The Labute approximate surface area is 144 Å². The molecule has 0 aliphatic carbocycles. The predicted molar refractivity (Wildman–Crippen MR) is 95.0 cm³/mol. The molecular formula is C17H20N6O2. The Bertz CT molecular complexity index is 858. The first-order valence-corrected chi connectivity index (χ1v) is 8.40. The van der Waals surface area contributed by atoms with Gasteiger partial charge in [-0.1, -0.05) is 12.1 Å². The SMILES string of the molecule is NC(=O)c1[nH]c(=O)ncc1N1c2ccccc2NC1C1CCCNC1. The predicted octanol–water partition coefficient (Wildman–Crippen LogP) is 0.758. The molecule has 8 nitrogen and oxygen atoms in total. The molecule has 1 fully saturated rings. The van der Waals surface area contributed by atoms with E-state index in [-0.39, 0.29) is 11.9 Å². The first-order valence-electron chi connectivity index (χ1n) is 8.40. The number of amides is 1. The van der Waals surface area contributed by atoms with Crippen LogP contribution in [0.1, 0.15) is 23.3 Å². The zero-order valence-corrected chi connectivity index (χ0v) is 13.7. The van der Waals surface area contributed by atoms with Gasteiger partial charge in [0.15, 0.2) is 0 Å². The first-order chi connectivity index (χ1) is 12.1. The number of nitrogens with zero attached hydrogens (tertiary/aromatic N) is 2. The van der Waals surface area contributed by atoms with Gasteiger partial charge in [-0.2, -0.15) is 4.98 Å². The molecule has 1 aromatic heterocycles. The zero-order valence-electron chi connectivity index (χ0n) is 13.7. The Balaban J connectivity index is 1.83. The molecule has 130 valence electrons. The van der Waals surface area contributed by atoms with Crippen molar-refractivity contribution >= 4 is 23.0 Å². The van der Waals surface area contributed by atoms with Crippen molar-refractivity contribution in [2.24, 2.45) is 11.7 Å². The Morgan fingerprint density at radius 1 is 1.28 bits per heavy atom. The number of anilines is 3. The van der Waals surface area contributed by atoms with Crippen LogP contribution in [0.3, 0.4) is 0 Å². The molecule has 2 unspecified atom stereocenters. The Kier molecular flexibility index (Phi) is 3.89. The van der Waals surface area contributed by atoms with Crippen LogP contribution in [0, 0.1) is 5.92 Å². The smallest absolute Gasteiger partial charge is 0.345 e. The molecule has 0 radical (unpaired) electrons. The zero-order chi connectivity index (χ0) is 17.4. The van der Waals surface area contributed by atoms with E-state index in [4.69, 9.17) is 5.73 Å². The van der Waals surface area contributed by atoms with Crippen molar-refractivity contribution in [3.05, 3.63) is 46.6 Å². The molecule has 2 aliphatic rings. The van der Waals surface area contributed by atoms with Crippen LogP contribution in [0.5, 0.6) is 0 Å². The van der Waals surface area contributed by atoms with Crippen molar-refractivity contribution in [3.8, 4) is 0 Å². The number of hydrogen-bond donors (Lipinski definition) is 4. The van der Waals surface area contributed by atoms with Gasteiger partial charge >= 0.3 is 5.69 Å². The van der Waals surface area contributed by atoms with Gasteiger partial charge in [-0.25, -0.2) is 4.79 Å². The maximum Gasteiger partial charge on any atom is 0.345 e. The maximum absolute atomic E-state index is 11.9. The van der Waals surface area contributed by atoms with Gasteiger partial charge in [0.05, 0.1) is 23.3 Å². The summed E-state index contributed by atoms with van der Waals surface area (Å²) in [6, 6.07) is 7.89. The quantitative estimate of drug-likeness (QED) is 0.655. The molecule has 2 atom stereocenters. The van der Waals surface area contributed by atoms with Crippen LogP contribution in [0.2, 0.25) is 0 Å². The molecule has 1 amide bonds. The standard InChI is InChI=1S/C17H20N6O2/c18-15(24)14-13(9-20-17(25)22-14)23-12-6-2-1-5-11(12)21-16(23)10-4-3-7-19-8-10/h1-2,5-6,9-10,16,19,21H,3-4,7-8H2,(H2,18,24)(H,20,22,25). The molecule has 8 heteroatoms. The van der Waals surface area contributed by atoms with Crippen LogP contribution >= 0.6 is 0 Å². The fourth-order valence-corrected chi connectivity index (χ4v) is 3.69. The van der Waals surface area contributed by atoms with Gasteiger partial charge < -0.3 is 21.3 Å². The molecule has 5 N–H and O–H groups in total. The van der Waals surface area contributed by atoms with Crippen molar-refractivity contribution in [2.45, 2.75) is 19.0 Å². The Morgan fingerprint density at radius 2 is 2.12 bits per heavy atom. The fourth-order valence-electron chi connectivity index (χ4n) is 3.69. The minimum atomic E-state index is -0.681. The summed E-state index contributed by atoms with van der Waals surface area (Å²) in [5.41, 5.74) is 7.42. The summed E-state index contributed by atoms with van der Waals surface area (Å²) in [6.07, 6.45) is 3.54. The van der Waals surface area contributed by atoms with Crippen LogP contribution in [0.25, 0.3) is 0 Å². The lowest BCUT2D eigenvalue weighted by Gasteiger charge is -2.35. The summed E-state index contributed by atoms with van der Waals surface area (Å²) in [5.74, 6) is -0.340. The summed E-state index contributed by atoms with van der Waals surface area (Å²) in [7, 11) is 0. The lowest BCUT2D eigenvalue weighted by molar-refractivity contribution is 0.0995. The average molecular weight is 340 g/mol. The number of rotatable bonds is 3. The van der Waals surface area contributed by atoms with E-state index in [0.717, 1.165) is 37.3 Å². The van der Waals surface area contributed by atoms with E-state index in [1.165, 1.54) is 6.20 Å². The van der Waals surface area contributed by atoms with E-state index in [1.807, 2.05) is 29.2 Å². The molecular weight excluding hydrogens is 320 g/mol. The van der Waals surface area contributed by atoms with E-state index in [9.17, 15) is 9.59 Å². The van der Waals surface area contributed by atoms with E-state index in [2.05, 4.69) is 20.6 Å². The fraction of sp³-hybridized carbons (Fsp3) is 0.353. The molecule has 2 aliphatic heterocycles. The number of benzene rings is 1. The topological polar surface area (TPSA) is 116 Å². The van der Waals surface area contributed by atoms with Crippen LogP contribution in [-0.4, -0.2) is 35.1 Å². The van der Waals surface area contributed by atoms with E-state index >= 15 is 0 Å². The third-order valence-electron chi connectivity index (χ3n) is 4.82. The number of H-pyrrole nitrogens is 1. The largest absolute Gasteiger partial charge is 0.364 e. The van der Waals surface area contributed by atoms with E-state index in [0.29, 0.717) is 11.6 Å². The van der Waals surface area contributed by atoms with Crippen molar-refractivity contribution in [1.29, 1.82) is 0 Å². The highest BCUT2D eigenvalue weighted by molar-refractivity contribution is 5.98. The number of aromatic nitrogens is 2. The van der Waals surface area contributed by atoms with Crippen LogP contribution in [0.15, 0.2) is 35.3 Å². The van der Waals surface area contributed by atoms with Crippen LogP contribution in [-0.2, 0) is 0 Å². The van der Waals surface area contributed by atoms with Crippen molar-refractivity contribution in [1.82, 2.24) is 15.3 Å². The van der Waals surface area contributed by atoms with Gasteiger partial charge in [0.1, 0.15) is 11.9 Å². The number of hydrogen-bond acceptors (Lipinski definition) is 6. The summed E-state index contributed by atoms with van der Waals surface area (Å²) in [5, 5.41) is 6.97. The molecule has 1 saturated heterocycles. The minimum absolute atomic E-state index is 0.0454. The summed E-state index contributed by atoms with van der Waals surface area (Å²) in [6.45, 7) is 1.90. The number of piperidine rings is 1. The second-order valence-corrected chi connectivity index (χ2v) is 6.40. The van der Waals surface area contributed by atoms with Gasteiger partial charge in [-0.3, -0.25) is 9.78 Å². The van der Waals surface area contributed by atoms with Crippen molar-refractivity contribution in [2.75, 3.05) is 23.3 Å². The number of aromatic amines is 1. The number of primary amides is 1. The lowest BCUT2D eigenvalue weighted by atomic mass is 9.95. The number of nitrogens with two attached hydrogens (primary N) is 1. The van der Waals surface area contributed by atoms with E-state index in [1.54, 1.807) is 0 Å². The van der Waals surface area contributed by atoms with Gasteiger partial charge in [0.2, 0.25) is 0 Å². The molecule has 0 bridgehead atoms. The van der Waals surface area contributed by atoms with Crippen molar-refractivity contribution < 1.29 is 4.79 Å². The van der Waals surface area contributed by atoms with Crippen LogP contribution < -0.4 is 27.0 Å². The molecule has 4 rings (SSSR count). The Morgan fingerprint density at radius 3 is 2.88 bits per heavy atom. The minimum Gasteiger partial charge on any atom is -0.364 e. The monoisotopic (exact) mass is 340 g/mol.